The van der Waals surface area contributed by atoms with Gasteiger partial charge in [0.15, 0.2) is 5.13 Å². The van der Waals surface area contributed by atoms with Crippen molar-refractivity contribution in [2.24, 2.45) is 0 Å². The third-order valence-corrected chi connectivity index (χ3v) is 6.07. The first kappa shape index (κ1) is 20.2. The zero-order chi connectivity index (χ0) is 20.4. The lowest BCUT2D eigenvalue weighted by atomic mass is 10.2. The van der Waals surface area contributed by atoms with E-state index < -0.39 is 5.82 Å². The van der Waals surface area contributed by atoms with Crippen LogP contribution in [-0.2, 0) is 4.74 Å². The van der Waals surface area contributed by atoms with Gasteiger partial charge in [0.05, 0.1) is 34.0 Å². The van der Waals surface area contributed by atoms with E-state index >= 15 is 0 Å². The number of fused-ring (bicyclic) bond motifs is 1. The molecule has 29 heavy (non-hydrogen) atoms. The van der Waals surface area contributed by atoms with Crippen LogP contribution in [0.4, 0.5) is 13.9 Å². The number of carbonyl (C=O) groups excluding carboxylic acids is 1. The highest BCUT2D eigenvalue weighted by molar-refractivity contribution is 7.22. The Morgan fingerprint density at radius 1 is 1.17 bits per heavy atom. The van der Waals surface area contributed by atoms with E-state index in [2.05, 4.69) is 9.88 Å². The van der Waals surface area contributed by atoms with Gasteiger partial charge in [-0.2, -0.15) is 0 Å². The van der Waals surface area contributed by atoms with Crippen molar-refractivity contribution in [1.82, 2.24) is 9.88 Å². The summed E-state index contributed by atoms with van der Waals surface area (Å²) in [6.45, 7) is 3.86. The Kier molecular flexibility index (Phi) is 6.05. The number of benzene rings is 2. The minimum absolute atomic E-state index is 0.0403. The summed E-state index contributed by atoms with van der Waals surface area (Å²) < 4.78 is 33.0. The molecule has 0 bridgehead atoms. The van der Waals surface area contributed by atoms with Gasteiger partial charge in [0.25, 0.3) is 5.91 Å². The van der Waals surface area contributed by atoms with Crippen LogP contribution in [0.15, 0.2) is 36.4 Å². The highest BCUT2D eigenvalue weighted by Crippen LogP contribution is 2.31. The highest BCUT2D eigenvalue weighted by Gasteiger charge is 2.24. The second kappa shape index (κ2) is 8.71. The first-order chi connectivity index (χ1) is 14.0. The molecule has 3 aromatic rings. The maximum Gasteiger partial charge on any atom is 0.261 e. The van der Waals surface area contributed by atoms with Crippen LogP contribution in [0, 0.1) is 11.6 Å². The summed E-state index contributed by atoms with van der Waals surface area (Å²) in [5.41, 5.74) is 0.807. The summed E-state index contributed by atoms with van der Waals surface area (Å²) in [6, 6.07) is 8.00. The lowest BCUT2D eigenvalue weighted by molar-refractivity contribution is 0.0391. The molecule has 1 amide bonds. The third-order valence-electron chi connectivity index (χ3n) is 4.72. The van der Waals surface area contributed by atoms with Crippen LogP contribution in [-0.4, -0.2) is 55.2 Å². The molecular formula is C20H18ClF2N3O2S. The van der Waals surface area contributed by atoms with Crippen molar-refractivity contribution in [3.63, 3.8) is 0 Å². The minimum atomic E-state index is -0.512. The molecule has 5 nitrogen and oxygen atoms in total. The molecule has 0 unspecified atom stereocenters. The van der Waals surface area contributed by atoms with Gasteiger partial charge < -0.3 is 4.74 Å². The molecule has 1 fully saturated rings. The van der Waals surface area contributed by atoms with Crippen LogP contribution in [0.25, 0.3) is 10.2 Å². The Balaban J connectivity index is 1.66. The lowest BCUT2D eigenvalue weighted by Gasteiger charge is -2.29. The van der Waals surface area contributed by atoms with Crippen molar-refractivity contribution in [2.75, 3.05) is 44.3 Å². The molecule has 1 aliphatic heterocycles. The number of aromatic nitrogens is 1. The fourth-order valence-corrected chi connectivity index (χ4v) is 4.42. The van der Waals surface area contributed by atoms with E-state index in [9.17, 15) is 13.6 Å². The molecule has 0 aliphatic carbocycles. The Bertz CT molecular complexity index is 1040. The van der Waals surface area contributed by atoms with Gasteiger partial charge in [-0.15, -0.1) is 0 Å². The zero-order valence-corrected chi connectivity index (χ0v) is 17.0. The highest BCUT2D eigenvalue weighted by atomic mass is 35.5. The Morgan fingerprint density at radius 2 is 1.90 bits per heavy atom. The van der Waals surface area contributed by atoms with Gasteiger partial charge in [0, 0.05) is 26.2 Å². The minimum Gasteiger partial charge on any atom is -0.379 e. The molecular weight excluding hydrogens is 420 g/mol. The maximum absolute atomic E-state index is 13.6. The summed E-state index contributed by atoms with van der Waals surface area (Å²) in [7, 11) is 0. The molecule has 152 valence electrons. The second-order valence-electron chi connectivity index (χ2n) is 6.64. The Hall–Kier alpha value is -2.13. The van der Waals surface area contributed by atoms with Crippen molar-refractivity contribution >= 4 is 44.2 Å². The van der Waals surface area contributed by atoms with E-state index in [1.165, 1.54) is 40.5 Å². The second-order valence-corrected chi connectivity index (χ2v) is 8.06. The molecule has 1 aliphatic rings. The number of thiazole rings is 1. The van der Waals surface area contributed by atoms with Gasteiger partial charge in [-0.1, -0.05) is 22.9 Å². The van der Waals surface area contributed by atoms with E-state index in [4.69, 9.17) is 16.3 Å². The van der Waals surface area contributed by atoms with E-state index in [-0.39, 0.29) is 22.3 Å². The van der Waals surface area contributed by atoms with E-state index in [0.717, 1.165) is 19.2 Å². The van der Waals surface area contributed by atoms with Crippen LogP contribution < -0.4 is 4.90 Å². The molecule has 1 saturated heterocycles. The first-order valence-corrected chi connectivity index (χ1v) is 10.3. The number of rotatable bonds is 5. The molecule has 2 aromatic carbocycles. The summed E-state index contributed by atoms with van der Waals surface area (Å²) in [5, 5.41) is 0.489. The number of carbonyl (C=O) groups is 1. The van der Waals surface area contributed by atoms with Crippen molar-refractivity contribution in [1.29, 1.82) is 0 Å². The number of ether oxygens (including phenoxy) is 1. The molecule has 2 heterocycles. The fraction of sp³-hybridized carbons (Fsp3) is 0.300. The van der Waals surface area contributed by atoms with Crippen LogP contribution >= 0.6 is 22.9 Å². The van der Waals surface area contributed by atoms with Gasteiger partial charge in [-0.05, 0) is 36.4 Å². The van der Waals surface area contributed by atoms with Gasteiger partial charge in [-0.3, -0.25) is 14.6 Å². The number of hydrogen-bond acceptors (Lipinski definition) is 5. The lowest BCUT2D eigenvalue weighted by Crippen LogP contribution is -2.43. The van der Waals surface area contributed by atoms with Gasteiger partial charge in [0.2, 0.25) is 0 Å². The Morgan fingerprint density at radius 3 is 2.66 bits per heavy atom. The summed E-state index contributed by atoms with van der Waals surface area (Å²) >= 11 is 7.35. The van der Waals surface area contributed by atoms with Crippen LogP contribution in [0.3, 0.4) is 0 Å². The van der Waals surface area contributed by atoms with Crippen LogP contribution in [0.2, 0.25) is 5.02 Å². The van der Waals surface area contributed by atoms with Crippen LogP contribution in [0.1, 0.15) is 10.4 Å². The van der Waals surface area contributed by atoms with E-state index in [0.29, 0.717) is 41.7 Å². The summed E-state index contributed by atoms with van der Waals surface area (Å²) in [4.78, 5) is 21.5. The molecule has 0 spiro atoms. The first-order valence-electron chi connectivity index (χ1n) is 9.14. The molecule has 9 heteroatoms. The molecule has 0 saturated carbocycles. The number of anilines is 1. The topological polar surface area (TPSA) is 45.7 Å². The van der Waals surface area contributed by atoms with Gasteiger partial charge in [-0.25, -0.2) is 13.8 Å². The van der Waals surface area contributed by atoms with Gasteiger partial charge in [0.1, 0.15) is 11.6 Å². The van der Waals surface area contributed by atoms with Crippen molar-refractivity contribution < 1.29 is 18.3 Å². The summed E-state index contributed by atoms with van der Waals surface area (Å²) in [6.07, 6.45) is 0. The largest absolute Gasteiger partial charge is 0.379 e. The van der Waals surface area contributed by atoms with E-state index in [1.54, 1.807) is 6.07 Å². The SMILES string of the molecule is O=C(c1ccc(F)cc1Cl)N(CCN1CCOCC1)c1nc2ccc(F)cc2s1. The monoisotopic (exact) mass is 437 g/mol. The predicted molar refractivity (Wildman–Crippen MR) is 110 cm³/mol. The number of morpholine rings is 1. The number of hydrogen-bond donors (Lipinski definition) is 0. The number of amides is 1. The summed E-state index contributed by atoms with van der Waals surface area (Å²) in [5.74, 6) is -1.25. The molecule has 0 N–H and O–H groups in total. The molecule has 1 aromatic heterocycles. The van der Waals surface area contributed by atoms with E-state index in [1.807, 2.05) is 0 Å². The fourth-order valence-electron chi connectivity index (χ4n) is 3.16. The standard InChI is InChI=1S/C20H18ClF2N3O2S/c21-16-11-13(22)1-3-15(16)19(27)26(6-5-25-7-9-28-10-8-25)20-24-17-4-2-14(23)12-18(17)29-20/h1-4,11-12H,5-10H2. The molecule has 0 atom stereocenters. The smallest absolute Gasteiger partial charge is 0.261 e. The van der Waals surface area contributed by atoms with Crippen molar-refractivity contribution in [2.45, 2.75) is 0 Å². The predicted octanol–water partition coefficient (Wildman–Crippen LogP) is 4.21. The van der Waals surface area contributed by atoms with Crippen molar-refractivity contribution in [3.8, 4) is 0 Å². The Labute approximate surface area is 175 Å². The van der Waals surface area contributed by atoms with Gasteiger partial charge >= 0.3 is 0 Å². The normalized spacial score (nSPS) is 15.0. The van der Waals surface area contributed by atoms with Crippen LogP contribution in [0.5, 0.6) is 0 Å². The molecule has 4 rings (SSSR count). The average molecular weight is 438 g/mol. The maximum atomic E-state index is 13.6. The zero-order valence-electron chi connectivity index (χ0n) is 15.4. The van der Waals surface area contributed by atoms with Crippen molar-refractivity contribution in [3.05, 3.63) is 58.6 Å². The quantitative estimate of drug-likeness (QED) is 0.600. The number of nitrogens with zero attached hydrogens (tertiary/aromatic N) is 3. The number of halogens is 3. The average Bonchev–Trinajstić information content (AvgIpc) is 3.11. The third kappa shape index (κ3) is 4.56. The molecule has 0 radical (unpaired) electrons.